The Morgan fingerprint density at radius 1 is 1.10 bits per heavy atom. The van der Waals surface area contributed by atoms with E-state index in [9.17, 15) is 13.2 Å². The molecule has 0 unspecified atom stereocenters. The van der Waals surface area contributed by atoms with Crippen LogP contribution in [0, 0.1) is 5.92 Å². The van der Waals surface area contributed by atoms with Crippen LogP contribution in [0.5, 0.6) is 0 Å². The summed E-state index contributed by atoms with van der Waals surface area (Å²) in [4.78, 5) is 15.1. The van der Waals surface area contributed by atoms with Crippen molar-refractivity contribution >= 4 is 21.6 Å². The smallest absolute Gasteiger partial charge is 0.251 e. The number of hydrogen-bond acceptors (Lipinski definition) is 4. The van der Waals surface area contributed by atoms with Crippen molar-refractivity contribution in [3.8, 4) is 0 Å². The molecule has 7 heteroatoms. The summed E-state index contributed by atoms with van der Waals surface area (Å²) in [5.41, 5.74) is 2.53. The van der Waals surface area contributed by atoms with E-state index < -0.39 is 10.0 Å². The largest absolute Gasteiger partial charge is 0.372 e. The Morgan fingerprint density at radius 3 is 2.38 bits per heavy atom. The van der Waals surface area contributed by atoms with Crippen LogP contribution in [-0.2, 0) is 10.0 Å². The molecule has 2 N–H and O–H groups in total. The molecule has 1 amide bonds. The van der Waals surface area contributed by atoms with E-state index in [0.29, 0.717) is 5.56 Å². The van der Waals surface area contributed by atoms with Gasteiger partial charge in [-0.25, -0.2) is 13.1 Å². The van der Waals surface area contributed by atoms with Gasteiger partial charge in [-0.2, -0.15) is 0 Å². The van der Waals surface area contributed by atoms with Crippen molar-refractivity contribution in [3.63, 3.8) is 0 Å². The topological polar surface area (TPSA) is 78.5 Å². The summed E-state index contributed by atoms with van der Waals surface area (Å²) in [7, 11) is -2.24. The van der Waals surface area contributed by atoms with Crippen molar-refractivity contribution in [2.45, 2.75) is 37.6 Å². The Hall–Kier alpha value is -2.38. The maximum absolute atomic E-state index is 12.6. The molecular weight excluding hydrogens is 386 g/mol. The third-order valence-electron chi connectivity index (χ3n) is 5.56. The Kier molecular flexibility index (Phi) is 6.59. The Morgan fingerprint density at radius 2 is 1.76 bits per heavy atom. The lowest BCUT2D eigenvalue weighted by Crippen LogP contribution is -2.32. The summed E-state index contributed by atoms with van der Waals surface area (Å²) in [6, 6.07) is 14.1. The van der Waals surface area contributed by atoms with E-state index in [1.165, 1.54) is 37.7 Å². The summed E-state index contributed by atoms with van der Waals surface area (Å²) in [5.74, 6) is 0.488. The molecule has 156 valence electrons. The number of carbonyl (C=O) groups excluding carboxylic acids is 1. The number of nitrogens with one attached hydrogen (secondary N) is 2. The lowest BCUT2D eigenvalue weighted by molar-refractivity contribution is 0.0939. The second kappa shape index (κ2) is 8.97. The molecule has 0 spiro atoms. The van der Waals surface area contributed by atoms with Crippen LogP contribution in [0.2, 0.25) is 0 Å². The highest BCUT2D eigenvalue weighted by Crippen LogP contribution is 2.24. The molecular formula is C22H29N3O3S. The number of sulfonamides is 1. The first kappa shape index (κ1) is 21.3. The fourth-order valence-electron chi connectivity index (χ4n) is 3.53. The third-order valence-corrected chi connectivity index (χ3v) is 6.98. The van der Waals surface area contributed by atoms with Crippen LogP contribution in [0.4, 0.5) is 5.69 Å². The van der Waals surface area contributed by atoms with Gasteiger partial charge < -0.3 is 10.2 Å². The van der Waals surface area contributed by atoms with Crippen molar-refractivity contribution in [1.29, 1.82) is 0 Å². The number of amides is 1. The lowest BCUT2D eigenvalue weighted by Gasteiger charge is -2.32. The van der Waals surface area contributed by atoms with Crippen molar-refractivity contribution in [2.75, 3.05) is 25.0 Å². The second-order valence-electron chi connectivity index (χ2n) is 7.69. The van der Waals surface area contributed by atoms with E-state index in [0.717, 1.165) is 24.6 Å². The molecule has 3 rings (SSSR count). The van der Waals surface area contributed by atoms with Gasteiger partial charge in [0.05, 0.1) is 10.9 Å². The zero-order valence-corrected chi connectivity index (χ0v) is 18.0. The first-order valence-electron chi connectivity index (χ1n) is 9.99. The van der Waals surface area contributed by atoms with E-state index >= 15 is 0 Å². The van der Waals surface area contributed by atoms with Gasteiger partial charge in [0.15, 0.2) is 0 Å². The molecule has 0 saturated carbocycles. The van der Waals surface area contributed by atoms with Crippen LogP contribution in [0.25, 0.3) is 0 Å². The van der Waals surface area contributed by atoms with Gasteiger partial charge in [-0.1, -0.05) is 25.1 Å². The van der Waals surface area contributed by atoms with E-state index in [4.69, 9.17) is 0 Å². The van der Waals surface area contributed by atoms with E-state index in [1.54, 1.807) is 12.1 Å². The van der Waals surface area contributed by atoms with Crippen LogP contribution >= 0.6 is 0 Å². The van der Waals surface area contributed by atoms with Gasteiger partial charge in [-0.15, -0.1) is 0 Å². The molecule has 1 atom stereocenters. The second-order valence-corrected chi connectivity index (χ2v) is 9.58. The molecule has 0 bridgehead atoms. The molecule has 1 aliphatic rings. The van der Waals surface area contributed by atoms with Gasteiger partial charge in [0.25, 0.3) is 5.91 Å². The van der Waals surface area contributed by atoms with Crippen LogP contribution in [0.15, 0.2) is 53.4 Å². The molecule has 0 aliphatic carbocycles. The van der Waals surface area contributed by atoms with Crippen molar-refractivity contribution in [2.24, 2.45) is 5.92 Å². The monoisotopic (exact) mass is 415 g/mol. The first-order valence-corrected chi connectivity index (χ1v) is 11.5. The van der Waals surface area contributed by atoms with Gasteiger partial charge in [-0.3, -0.25) is 4.79 Å². The summed E-state index contributed by atoms with van der Waals surface area (Å²) < 4.78 is 26.2. The number of piperidine rings is 1. The van der Waals surface area contributed by atoms with Crippen molar-refractivity contribution < 1.29 is 13.2 Å². The number of benzene rings is 2. The van der Waals surface area contributed by atoms with Gasteiger partial charge in [0.2, 0.25) is 10.0 Å². The zero-order chi connectivity index (χ0) is 21.0. The molecule has 1 fully saturated rings. The minimum Gasteiger partial charge on any atom is -0.372 e. The molecule has 1 aliphatic heterocycles. The molecule has 29 heavy (non-hydrogen) atoms. The average Bonchev–Trinajstić information content (AvgIpc) is 2.74. The predicted molar refractivity (Wildman–Crippen MR) is 116 cm³/mol. The highest BCUT2D eigenvalue weighted by molar-refractivity contribution is 7.89. The molecule has 2 aromatic rings. The maximum atomic E-state index is 12.6. The van der Waals surface area contributed by atoms with Crippen molar-refractivity contribution in [1.82, 2.24) is 10.0 Å². The molecule has 1 saturated heterocycles. The summed E-state index contributed by atoms with van der Waals surface area (Å²) in [6.45, 7) is 6.38. The summed E-state index contributed by atoms with van der Waals surface area (Å²) >= 11 is 0. The van der Waals surface area contributed by atoms with E-state index in [2.05, 4.69) is 34.0 Å². The normalized spacial score (nSPS) is 16.4. The van der Waals surface area contributed by atoms with Crippen LogP contribution in [-0.4, -0.2) is 34.5 Å². The average molecular weight is 416 g/mol. The Bertz CT molecular complexity index is 950. The molecule has 6 nitrogen and oxygen atoms in total. The van der Waals surface area contributed by atoms with Gasteiger partial charge in [-0.05, 0) is 68.6 Å². The standard InChI is InChI=1S/C22H29N3O3S/c1-16-11-13-25(14-12-16)20-9-7-18(8-10-20)17(2)24-22(26)19-5-4-6-21(15-19)29(27,28)23-3/h4-10,15-17,23H,11-14H2,1-3H3,(H,24,26)/t17-/m0/s1. The fourth-order valence-corrected chi connectivity index (χ4v) is 4.30. The Balaban J connectivity index is 1.66. The minimum atomic E-state index is -3.59. The quantitative estimate of drug-likeness (QED) is 0.759. The summed E-state index contributed by atoms with van der Waals surface area (Å²) in [5, 5.41) is 2.95. The number of hydrogen-bond donors (Lipinski definition) is 2. The predicted octanol–water partition coefficient (Wildman–Crippen LogP) is 3.32. The van der Waals surface area contributed by atoms with E-state index in [1.807, 2.05) is 19.1 Å². The molecule has 0 radical (unpaired) electrons. The highest BCUT2D eigenvalue weighted by Gasteiger charge is 2.18. The van der Waals surface area contributed by atoms with Crippen LogP contribution < -0.4 is 14.9 Å². The number of rotatable bonds is 6. The van der Waals surface area contributed by atoms with Crippen molar-refractivity contribution in [3.05, 3.63) is 59.7 Å². The number of anilines is 1. The SMILES string of the molecule is CNS(=O)(=O)c1cccc(C(=O)N[C@@H](C)c2ccc(N3CCC(C)CC3)cc2)c1. The van der Waals surface area contributed by atoms with Gasteiger partial charge in [0.1, 0.15) is 0 Å². The minimum absolute atomic E-state index is 0.0699. The Labute approximate surface area is 173 Å². The molecule has 0 aromatic heterocycles. The molecule has 2 aromatic carbocycles. The fraction of sp³-hybridized carbons (Fsp3) is 0.409. The number of carbonyl (C=O) groups is 1. The van der Waals surface area contributed by atoms with Gasteiger partial charge in [0, 0.05) is 24.3 Å². The highest BCUT2D eigenvalue weighted by atomic mass is 32.2. The summed E-state index contributed by atoms with van der Waals surface area (Å²) in [6.07, 6.45) is 2.44. The first-order chi connectivity index (χ1) is 13.8. The third kappa shape index (κ3) is 5.16. The van der Waals surface area contributed by atoms with E-state index in [-0.39, 0.29) is 16.8 Å². The van der Waals surface area contributed by atoms with Gasteiger partial charge >= 0.3 is 0 Å². The molecule has 1 heterocycles. The number of nitrogens with zero attached hydrogens (tertiary/aromatic N) is 1. The maximum Gasteiger partial charge on any atom is 0.251 e. The lowest BCUT2D eigenvalue weighted by atomic mass is 9.98. The zero-order valence-electron chi connectivity index (χ0n) is 17.2. The van der Waals surface area contributed by atoms with Crippen LogP contribution in [0.1, 0.15) is 48.7 Å². The van der Waals surface area contributed by atoms with Crippen LogP contribution in [0.3, 0.4) is 0 Å².